The van der Waals surface area contributed by atoms with Crippen molar-refractivity contribution < 1.29 is 14.7 Å². The summed E-state index contributed by atoms with van der Waals surface area (Å²) in [4.78, 5) is 24.1. The van der Waals surface area contributed by atoms with Crippen LogP contribution in [0.5, 0.6) is 0 Å². The Morgan fingerprint density at radius 3 is 2.30 bits per heavy atom. The number of halogens is 1. The second-order valence-corrected chi connectivity index (χ2v) is 9.88. The molecule has 0 atom stereocenters. The first kappa shape index (κ1) is 26.4. The van der Waals surface area contributed by atoms with Crippen LogP contribution in [0.1, 0.15) is 57.4 Å². The number of aromatic carboxylic acids is 1. The van der Waals surface area contributed by atoms with E-state index < -0.39 is 11.9 Å². The van der Waals surface area contributed by atoms with Gasteiger partial charge in [-0.3, -0.25) is 4.79 Å². The SMILES string of the molecule is CCCCc1nnc(SCc2ccc(Cl)cc2)n1Cc1ccc(NC(=O)c2ccccc2C(=O)O)cc1. The highest BCUT2D eigenvalue weighted by Crippen LogP contribution is 2.25. The zero-order chi connectivity index (χ0) is 26.2. The predicted molar refractivity (Wildman–Crippen MR) is 147 cm³/mol. The van der Waals surface area contributed by atoms with Crippen molar-refractivity contribution in [2.45, 2.75) is 43.6 Å². The highest BCUT2D eigenvalue weighted by molar-refractivity contribution is 7.98. The number of aromatic nitrogens is 3. The van der Waals surface area contributed by atoms with Crippen LogP contribution in [0.4, 0.5) is 5.69 Å². The largest absolute Gasteiger partial charge is 0.478 e. The average molecular weight is 535 g/mol. The predicted octanol–water partition coefficient (Wildman–Crippen LogP) is 6.57. The number of carbonyl (C=O) groups is 2. The van der Waals surface area contributed by atoms with E-state index in [-0.39, 0.29) is 11.1 Å². The van der Waals surface area contributed by atoms with Crippen LogP contribution < -0.4 is 5.32 Å². The van der Waals surface area contributed by atoms with E-state index in [2.05, 4.69) is 27.0 Å². The molecule has 2 N–H and O–H groups in total. The van der Waals surface area contributed by atoms with E-state index >= 15 is 0 Å². The summed E-state index contributed by atoms with van der Waals surface area (Å²) < 4.78 is 2.15. The van der Waals surface area contributed by atoms with Crippen molar-refractivity contribution in [1.82, 2.24) is 14.8 Å². The summed E-state index contributed by atoms with van der Waals surface area (Å²) in [5, 5.41) is 22.6. The number of rotatable bonds is 11. The maximum atomic E-state index is 12.7. The molecule has 0 aliphatic carbocycles. The molecule has 7 nitrogen and oxygen atoms in total. The number of amides is 1. The number of aryl methyl sites for hydroxylation is 1. The van der Waals surface area contributed by atoms with Gasteiger partial charge in [0, 0.05) is 22.9 Å². The third-order valence-corrected chi connectivity index (χ3v) is 7.07. The molecule has 0 aliphatic heterocycles. The third kappa shape index (κ3) is 6.99. The standard InChI is InChI=1S/C28H27ClN4O3S/c1-2-3-8-25-31-32-28(37-18-20-9-13-21(29)14-10-20)33(25)17-19-11-15-22(16-12-19)30-26(34)23-6-4-5-7-24(23)27(35)36/h4-7,9-16H,2-3,8,17-18H2,1H3,(H,30,34)(H,35,36). The number of nitrogens with zero attached hydrogens (tertiary/aromatic N) is 3. The molecule has 0 saturated carbocycles. The average Bonchev–Trinajstić information content (AvgIpc) is 3.29. The van der Waals surface area contributed by atoms with Crippen molar-refractivity contribution in [3.63, 3.8) is 0 Å². The van der Waals surface area contributed by atoms with E-state index in [0.29, 0.717) is 17.3 Å². The molecule has 0 spiro atoms. The minimum atomic E-state index is -1.14. The van der Waals surface area contributed by atoms with Crippen LogP contribution in [0.15, 0.2) is 78.0 Å². The molecule has 0 unspecified atom stereocenters. The first-order valence-corrected chi connectivity index (χ1v) is 13.3. The lowest BCUT2D eigenvalue weighted by atomic mass is 10.1. The first-order chi connectivity index (χ1) is 17.9. The van der Waals surface area contributed by atoms with Gasteiger partial charge in [-0.05, 0) is 53.9 Å². The van der Waals surface area contributed by atoms with Crippen LogP contribution >= 0.6 is 23.4 Å². The maximum absolute atomic E-state index is 12.7. The van der Waals surface area contributed by atoms with Crippen molar-refractivity contribution in [3.8, 4) is 0 Å². The van der Waals surface area contributed by atoms with Crippen LogP contribution in [0.3, 0.4) is 0 Å². The number of hydrogen-bond acceptors (Lipinski definition) is 5. The molecular formula is C28H27ClN4O3S. The van der Waals surface area contributed by atoms with E-state index in [9.17, 15) is 14.7 Å². The van der Waals surface area contributed by atoms with E-state index in [1.807, 2.05) is 48.5 Å². The molecule has 1 heterocycles. The van der Waals surface area contributed by atoms with E-state index in [1.54, 1.807) is 23.9 Å². The molecule has 0 aliphatic rings. The van der Waals surface area contributed by atoms with Crippen LogP contribution in [0.2, 0.25) is 5.02 Å². The highest BCUT2D eigenvalue weighted by atomic mass is 35.5. The number of carbonyl (C=O) groups excluding carboxylic acids is 1. The Kier molecular flexibility index (Phi) is 8.98. The Hall–Kier alpha value is -3.62. The summed E-state index contributed by atoms with van der Waals surface area (Å²) in [7, 11) is 0. The van der Waals surface area contributed by atoms with Crippen molar-refractivity contribution in [2.75, 3.05) is 5.32 Å². The number of nitrogens with one attached hydrogen (secondary N) is 1. The lowest BCUT2D eigenvalue weighted by Crippen LogP contribution is -2.16. The second-order valence-electron chi connectivity index (χ2n) is 8.51. The number of anilines is 1. The van der Waals surface area contributed by atoms with Gasteiger partial charge in [-0.25, -0.2) is 4.79 Å². The Bertz CT molecular complexity index is 1370. The molecule has 0 bridgehead atoms. The molecule has 0 saturated heterocycles. The number of carboxylic acids is 1. The molecule has 0 radical (unpaired) electrons. The number of hydrogen-bond donors (Lipinski definition) is 2. The fraction of sp³-hybridized carbons (Fsp3) is 0.214. The van der Waals surface area contributed by atoms with Gasteiger partial charge in [0.2, 0.25) is 0 Å². The van der Waals surface area contributed by atoms with Crippen LogP contribution in [-0.4, -0.2) is 31.7 Å². The first-order valence-electron chi connectivity index (χ1n) is 12.0. The molecule has 1 aromatic heterocycles. The molecule has 1 amide bonds. The highest BCUT2D eigenvalue weighted by Gasteiger charge is 2.16. The van der Waals surface area contributed by atoms with Gasteiger partial charge in [0.25, 0.3) is 5.91 Å². The van der Waals surface area contributed by atoms with Crippen molar-refractivity contribution in [2.24, 2.45) is 0 Å². The smallest absolute Gasteiger partial charge is 0.336 e. The zero-order valence-electron chi connectivity index (χ0n) is 20.4. The number of thioether (sulfide) groups is 1. The Labute approximate surface area is 224 Å². The molecule has 9 heteroatoms. The van der Waals surface area contributed by atoms with Gasteiger partial charge in [-0.2, -0.15) is 0 Å². The van der Waals surface area contributed by atoms with Gasteiger partial charge in [0.1, 0.15) is 5.82 Å². The fourth-order valence-corrected chi connectivity index (χ4v) is 4.81. The summed E-state index contributed by atoms with van der Waals surface area (Å²) in [5.74, 6) is 0.0975. The lowest BCUT2D eigenvalue weighted by Gasteiger charge is -2.12. The zero-order valence-corrected chi connectivity index (χ0v) is 21.9. The van der Waals surface area contributed by atoms with Crippen molar-refractivity contribution >= 4 is 40.9 Å². The molecular weight excluding hydrogens is 508 g/mol. The summed E-state index contributed by atoms with van der Waals surface area (Å²) in [6.45, 7) is 2.75. The number of unbranched alkanes of at least 4 members (excludes halogenated alkanes) is 1. The van der Waals surface area contributed by atoms with E-state index in [4.69, 9.17) is 11.6 Å². The van der Waals surface area contributed by atoms with Crippen molar-refractivity contribution in [3.05, 3.63) is 106 Å². The minimum Gasteiger partial charge on any atom is -0.478 e. The van der Waals surface area contributed by atoms with Gasteiger partial charge >= 0.3 is 5.97 Å². The summed E-state index contributed by atoms with van der Waals surface area (Å²) >= 11 is 7.64. The summed E-state index contributed by atoms with van der Waals surface area (Å²) in [6, 6.07) is 21.4. The molecule has 37 heavy (non-hydrogen) atoms. The quantitative estimate of drug-likeness (QED) is 0.211. The Morgan fingerprint density at radius 1 is 0.946 bits per heavy atom. The topological polar surface area (TPSA) is 97.1 Å². The van der Waals surface area contributed by atoms with Gasteiger partial charge < -0.3 is 15.0 Å². The van der Waals surface area contributed by atoms with Gasteiger partial charge in [-0.1, -0.05) is 73.1 Å². The molecule has 0 fully saturated rings. The Morgan fingerprint density at radius 2 is 1.62 bits per heavy atom. The van der Waals surface area contributed by atoms with Crippen LogP contribution in [0, 0.1) is 0 Å². The molecule has 4 aromatic rings. The molecule has 190 valence electrons. The number of carboxylic acid groups (broad SMARTS) is 1. The van der Waals surface area contributed by atoms with Gasteiger partial charge in [0.15, 0.2) is 5.16 Å². The molecule has 3 aromatic carbocycles. The minimum absolute atomic E-state index is 0.0348. The normalized spacial score (nSPS) is 10.9. The number of benzene rings is 3. The van der Waals surface area contributed by atoms with Gasteiger partial charge in [-0.15, -0.1) is 10.2 Å². The van der Waals surface area contributed by atoms with Gasteiger partial charge in [0.05, 0.1) is 17.7 Å². The third-order valence-electron chi connectivity index (χ3n) is 5.78. The van der Waals surface area contributed by atoms with E-state index in [1.165, 1.54) is 12.1 Å². The monoisotopic (exact) mass is 534 g/mol. The van der Waals surface area contributed by atoms with Crippen LogP contribution in [0.25, 0.3) is 0 Å². The van der Waals surface area contributed by atoms with Crippen LogP contribution in [-0.2, 0) is 18.7 Å². The second kappa shape index (κ2) is 12.6. The molecule has 4 rings (SSSR count). The summed E-state index contributed by atoms with van der Waals surface area (Å²) in [5.41, 5.74) is 2.86. The Balaban J connectivity index is 1.47. The van der Waals surface area contributed by atoms with E-state index in [0.717, 1.165) is 47.1 Å². The maximum Gasteiger partial charge on any atom is 0.336 e. The fourth-order valence-electron chi connectivity index (χ4n) is 3.77. The lowest BCUT2D eigenvalue weighted by molar-refractivity contribution is 0.0692. The van der Waals surface area contributed by atoms with Crippen molar-refractivity contribution in [1.29, 1.82) is 0 Å². The summed E-state index contributed by atoms with van der Waals surface area (Å²) in [6.07, 6.45) is 2.95.